The molecule has 0 fully saturated rings. The molecule has 1 atom stereocenters. The first-order valence-electron chi connectivity index (χ1n) is 8.77. The number of carbonyl (C=O) groups is 1. The van der Waals surface area contributed by atoms with E-state index in [2.05, 4.69) is 16.4 Å². The molecule has 0 radical (unpaired) electrons. The highest BCUT2D eigenvalue weighted by molar-refractivity contribution is 5.74. The second-order valence-electron chi connectivity index (χ2n) is 6.76. The molecule has 1 aliphatic heterocycles. The van der Waals surface area contributed by atoms with Crippen LogP contribution in [0.15, 0.2) is 48.8 Å². The Kier molecular flexibility index (Phi) is 5.53. The van der Waals surface area contributed by atoms with Gasteiger partial charge in [0.1, 0.15) is 5.75 Å². The number of carbonyl (C=O) groups excluding carboxylic acids is 1. The van der Waals surface area contributed by atoms with Crippen LogP contribution in [-0.2, 0) is 13.0 Å². The highest BCUT2D eigenvalue weighted by Gasteiger charge is 2.22. The molecule has 2 aromatic rings. The van der Waals surface area contributed by atoms with Crippen molar-refractivity contribution in [3.8, 4) is 5.75 Å². The maximum atomic E-state index is 12.6. The van der Waals surface area contributed by atoms with Crippen molar-refractivity contribution in [1.29, 1.82) is 0 Å². The van der Waals surface area contributed by atoms with E-state index in [1.54, 1.807) is 12.4 Å². The molecular weight excluding hydrogens is 314 g/mol. The topological polar surface area (TPSA) is 54.5 Å². The summed E-state index contributed by atoms with van der Waals surface area (Å²) in [7, 11) is 0. The first-order chi connectivity index (χ1) is 12.1. The van der Waals surface area contributed by atoms with Crippen molar-refractivity contribution < 1.29 is 9.53 Å². The van der Waals surface area contributed by atoms with E-state index >= 15 is 0 Å². The van der Waals surface area contributed by atoms with Crippen LogP contribution in [0.2, 0.25) is 0 Å². The predicted molar refractivity (Wildman–Crippen MR) is 97.4 cm³/mol. The molecule has 1 N–H and O–H groups in total. The molecule has 2 amide bonds. The minimum Gasteiger partial charge on any atom is -0.493 e. The van der Waals surface area contributed by atoms with Crippen LogP contribution in [0.4, 0.5) is 4.79 Å². The Balaban J connectivity index is 1.55. The molecule has 0 bridgehead atoms. The smallest absolute Gasteiger partial charge is 0.317 e. The Morgan fingerprint density at radius 1 is 1.32 bits per heavy atom. The van der Waals surface area contributed by atoms with Gasteiger partial charge in [0.05, 0.1) is 6.61 Å². The number of rotatable bonds is 5. The zero-order valence-electron chi connectivity index (χ0n) is 14.8. The van der Waals surface area contributed by atoms with Crippen LogP contribution in [-0.4, -0.2) is 35.1 Å². The average Bonchev–Trinajstić information content (AvgIpc) is 2.64. The number of aromatic nitrogens is 1. The molecule has 1 aliphatic rings. The van der Waals surface area contributed by atoms with Gasteiger partial charge >= 0.3 is 6.03 Å². The lowest BCUT2D eigenvalue weighted by Gasteiger charge is -2.29. The number of fused-ring (bicyclic) bond motifs is 1. The van der Waals surface area contributed by atoms with E-state index in [4.69, 9.17) is 4.74 Å². The molecule has 1 aromatic heterocycles. The molecule has 0 spiro atoms. The minimum absolute atomic E-state index is 0.0438. The molecule has 0 saturated heterocycles. The van der Waals surface area contributed by atoms with E-state index in [0.29, 0.717) is 25.6 Å². The van der Waals surface area contributed by atoms with E-state index in [1.165, 1.54) is 5.56 Å². The Labute approximate surface area is 149 Å². The number of urea groups is 1. The summed E-state index contributed by atoms with van der Waals surface area (Å²) in [4.78, 5) is 18.6. The van der Waals surface area contributed by atoms with Gasteiger partial charge in [-0.25, -0.2) is 4.79 Å². The quantitative estimate of drug-likeness (QED) is 0.910. The third kappa shape index (κ3) is 4.50. The number of hydrogen-bond donors (Lipinski definition) is 1. The van der Waals surface area contributed by atoms with Crippen LogP contribution in [0.3, 0.4) is 0 Å². The number of benzene rings is 1. The first-order valence-corrected chi connectivity index (χ1v) is 8.77. The van der Waals surface area contributed by atoms with Crippen LogP contribution < -0.4 is 10.1 Å². The summed E-state index contributed by atoms with van der Waals surface area (Å²) in [5, 5.41) is 3.07. The van der Waals surface area contributed by atoms with Crippen molar-refractivity contribution in [2.75, 3.05) is 13.2 Å². The molecule has 132 valence electrons. The summed E-state index contributed by atoms with van der Waals surface area (Å²) < 4.78 is 5.80. The monoisotopic (exact) mass is 339 g/mol. The normalized spacial score (nSPS) is 16.0. The second-order valence-corrected chi connectivity index (χ2v) is 6.76. The van der Waals surface area contributed by atoms with E-state index in [-0.39, 0.29) is 12.1 Å². The summed E-state index contributed by atoms with van der Waals surface area (Å²) in [5.41, 5.74) is 2.24. The van der Waals surface area contributed by atoms with Gasteiger partial charge in [-0.1, -0.05) is 24.3 Å². The molecule has 2 heterocycles. The van der Waals surface area contributed by atoms with E-state index in [1.807, 2.05) is 49.1 Å². The fourth-order valence-electron chi connectivity index (χ4n) is 3.03. The number of pyridine rings is 1. The average molecular weight is 339 g/mol. The Hall–Kier alpha value is -2.56. The van der Waals surface area contributed by atoms with E-state index < -0.39 is 0 Å². The predicted octanol–water partition coefficient (Wildman–Crippen LogP) is 3.25. The molecule has 5 nitrogen and oxygen atoms in total. The number of ether oxygens (including phenoxy) is 1. The number of para-hydroxylation sites is 1. The summed E-state index contributed by atoms with van der Waals surface area (Å²) in [6.07, 6.45) is 4.47. The fraction of sp³-hybridized carbons (Fsp3) is 0.400. The molecule has 1 aromatic carbocycles. The maximum Gasteiger partial charge on any atom is 0.317 e. The molecule has 0 unspecified atom stereocenters. The van der Waals surface area contributed by atoms with Gasteiger partial charge in [-0.15, -0.1) is 0 Å². The molecule has 5 heteroatoms. The molecule has 3 rings (SSSR count). The van der Waals surface area contributed by atoms with E-state index in [9.17, 15) is 4.79 Å². The largest absolute Gasteiger partial charge is 0.493 e. The van der Waals surface area contributed by atoms with Gasteiger partial charge in [-0.05, 0) is 43.5 Å². The maximum absolute atomic E-state index is 12.6. The fourth-order valence-corrected chi connectivity index (χ4v) is 3.03. The Morgan fingerprint density at radius 2 is 2.16 bits per heavy atom. The van der Waals surface area contributed by atoms with Gasteiger partial charge in [0, 0.05) is 37.4 Å². The highest BCUT2D eigenvalue weighted by Crippen LogP contribution is 2.26. The summed E-state index contributed by atoms with van der Waals surface area (Å²) in [6, 6.07) is 12.0. The lowest BCUT2D eigenvalue weighted by Crippen LogP contribution is -2.46. The van der Waals surface area contributed by atoms with Crippen LogP contribution >= 0.6 is 0 Å². The van der Waals surface area contributed by atoms with Gasteiger partial charge < -0.3 is 15.0 Å². The summed E-state index contributed by atoms with van der Waals surface area (Å²) in [5.74, 6) is 1.26. The van der Waals surface area contributed by atoms with Gasteiger partial charge in [-0.2, -0.15) is 0 Å². The third-order valence-electron chi connectivity index (χ3n) is 4.46. The van der Waals surface area contributed by atoms with Crippen LogP contribution in [0, 0.1) is 5.92 Å². The molecule has 0 aliphatic carbocycles. The van der Waals surface area contributed by atoms with Crippen LogP contribution in [0.5, 0.6) is 5.75 Å². The number of nitrogens with one attached hydrogen (secondary N) is 1. The molecule has 25 heavy (non-hydrogen) atoms. The van der Waals surface area contributed by atoms with Crippen molar-refractivity contribution in [1.82, 2.24) is 15.2 Å². The summed E-state index contributed by atoms with van der Waals surface area (Å²) in [6.45, 7) is 5.86. The minimum atomic E-state index is -0.0438. The van der Waals surface area contributed by atoms with Gasteiger partial charge in [0.15, 0.2) is 0 Å². The highest BCUT2D eigenvalue weighted by atomic mass is 16.5. The van der Waals surface area contributed by atoms with Crippen molar-refractivity contribution in [2.24, 2.45) is 5.92 Å². The van der Waals surface area contributed by atoms with Crippen molar-refractivity contribution in [3.05, 3.63) is 59.9 Å². The standard InChI is InChI=1S/C20H25N3O2/c1-15(2)23(13-16-6-5-9-21-11-16)20(24)22-12-17-10-18-7-3-4-8-19(18)25-14-17/h3-9,11,15,17H,10,12-14H2,1-2H3,(H,22,24)/t17-/m1/s1. The van der Waals surface area contributed by atoms with Gasteiger partial charge in [-0.3, -0.25) is 4.98 Å². The van der Waals surface area contributed by atoms with Gasteiger partial charge in [0.2, 0.25) is 0 Å². The SMILES string of the molecule is CC(C)N(Cc1cccnc1)C(=O)NC[C@@H]1COc2ccccc2C1. The zero-order valence-corrected chi connectivity index (χ0v) is 14.8. The summed E-state index contributed by atoms with van der Waals surface area (Å²) >= 11 is 0. The zero-order chi connectivity index (χ0) is 17.6. The lowest BCUT2D eigenvalue weighted by molar-refractivity contribution is 0.171. The number of amides is 2. The second kappa shape index (κ2) is 8.01. The third-order valence-corrected chi connectivity index (χ3v) is 4.46. The van der Waals surface area contributed by atoms with Crippen LogP contribution in [0.1, 0.15) is 25.0 Å². The Morgan fingerprint density at radius 3 is 2.92 bits per heavy atom. The first kappa shape index (κ1) is 17.3. The molecule has 0 saturated carbocycles. The Bertz CT molecular complexity index is 703. The van der Waals surface area contributed by atoms with Crippen molar-refractivity contribution in [3.63, 3.8) is 0 Å². The molecular formula is C20H25N3O2. The van der Waals surface area contributed by atoms with Gasteiger partial charge in [0.25, 0.3) is 0 Å². The van der Waals surface area contributed by atoms with E-state index in [0.717, 1.165) is 17.7 Å². The van der Waals surface area contributed by atoms with Crippen molar-refractivity contribution >= 4 is 6.03 Å². The number of hydrogen-bond acceptors (Lipinski definition) is 3. The lowest BCUT2D eigenvalue weighted by atomic mass is 9.97. The number of nitrogens with zero attached hydrogens (tertiary/aromatic N) is 2. The van der Waals surface area contributed by atoms with Crippen molar-refractivity contribution in [2.45, 2.75) is 32.9 Å². The van der Waals surface area contributed by atoms with Crippen LogP contribution in [0.25, 0.3) is 0 Å².